The number of aromatic nitrogens is 2. The largest absolute Gasteiger partial charge is 0.444 e. The van der Waals surface area contributed by atoms with Crippen molar-refractivity contribution in [3.05, 3.63) is 16.9 Å². The van der Waals surface area contributed by atoms with Gasteiger partial charge in [0.15, 0.2) is 0 Å². The van der Waals surface area contributed by atoms with Crippen LogP contribution in [0.1, 0.15) is 39.7 Å². The number of ether oxygens (including phenoxy) is 1. The first-order chi connectivity index (χ1) is 8.85. The molecular formula is C13H20BrN3O2. The van der Waals surface area contributed by atoms with Gasteiger partial charge in [-0.1, -0.05) is 0 Å². The van der Waals surface area contributed by atoms with Crippen LogP contribution in [0.15, 0.2) is 16.9 Å². The van der Waals surface area contributed by atoms with Crippen molar-refractivity contribution in [1.82, 2.24) is 14.7 Å². The lowest BCUT2D eigenvalue weighted by Gasteiger charge is -2.34. The van der Waals surface area contributed by atoms with Crippen LogP contribution < -0.4 is 0 Å². The molecule has 1 aliphatic heterocycles. The van der Waals surface area contributed by atoms with E-state index >= 15 is 0 Å². The number of carbonyl (C=O) groups is 1. The van der Waals surface area contributed by atoms with E-state index in [1.807, 2.05) is 37.7 Å². The van der Waals surface area contributed by atoms with Crippen molar-refractivity contribution in [2.45, 2.75) is 45.3 Å². The van der Waals surface area contributed by atoms with E-state index in [9.17, 15) is 4.79 Å². The fourth-order valence-corrected chi connectivity index (χ4v) is 2.48. The van der Waals surface area contributed by atoms with Crippen LogP contribution in [0.3, 0.4) is 0 Å². The molecule has 0 aliphatic carbocycles. The SMILES string of the molecule is CC(C)(C)OC(=O)N1CCCC(n2ccc(Br)n2)C1. The van der Waals surface area contributed by atoms with Gasteiger partial charge in [-0.05, 0) is 55.6 Å². The molecule has 2 heterocycles. The molecule has 1 amide bonds. The van der Waals surface area contributed by atoms with Crippen molar-refractivity contribution in [2.24, 2.45) is 0 Å². The minimum absolute atomic E-state index is 0.229. The maximum absolute atomic E-state index is 12.1. The molecule has 106 valence electrons. The number of hydrogen-bond donors (Lipinski definition) is 0. The van der Waals surface area contributed by atoms with Crippen LogP contribution in [0.2, 0.25) is 0 Å². The summed E-state index contributed by atoms with van der Waals surface area (Å²) in [7, 11) is 0. The average Bonchev–Trinajstić information content (AvgIpc) is 2.74. The van der Waals surface area contributed by atoms with Gasteiger partial charge in [0.25, 0.3) is 0 Å². The van der Waals surface area contributed by atoms with E-state index in [-0.39, 0.29) is 12.1 Å². The predicted octanol–water partition coefficient (Wildman–Crippen LogP) is 3.22. The standard InChI is InChI=1S/C13H20BrN3O2/c1-13(2,3)19-12(18)16-7-4-5-10(9-16)17-8-6-11(14)15-17/h6,8,10H,4-5,7,9H2,1-3H3. The smallest absolute Gasteiger partial charge is 0.410 e. The molecule has 0 bridgehead atoms. The lowest BCUT2D eigenvalue weighted by Crippen LogP contribution is -2.43. The average molecular weight is 330 g/mol. The van der Waals surface area contributed by atoms with Gasteiger partial charge in [0.2, 0.25) is 0 Å². The number of rotatable bonds is 1. The first-order valence-corrected chi connectivity index (χ1v) is 7.33. The Morgan fingerprint density at radius 2 is 2.26 bits per heavy atom. The van der Waals surface area contributed by atoms with Gasteiger partial charge in [-0.15, -0.1) is 0 Å². The number of amides is 1. The van der Waals surface area contributed by atoms with Crippen LogP contribution in [0.25, 0.3) is 0 Å². The molecule has 1 atom stereocenters. The highest BCUT2D eigenvalue weighted by Gasteiger charge is 2.28. The minimum atomic E-state index is -0.446. The second-order valence-electron chi connectivity index (χ2n) is 5.84. The summed E-state index contributed by atoms with van der Waals surface area (Å²) in [6.07, 6.45) is 3.71. The molecule has 2 rings (SSSR count). The van der Waals surface area contributed by atoms with E-state index in [2.05, 4.69) is 21.0 Å². The van der Waals surface area contributed by atoms with E-state index in [1.54, 1.807) is 4.90 Å². The highest BCUT2D eigenvalue weighted by atomic mass is 79.9. The lowest BCUT2D eigenvalue weighted by molar-refractivity contribution is 0.0167. The summed E-state index contributed by atoms with van der Waals surface area (Å²) in [5, 5.41) is 4.36. The highest BCUT2D eigenvalue weighted by Crippen LogP contribution is 2.23. The lowest BCUT2D eigenvalue weighted by atomic mass is 10.1. The summed E-state index contributed by atoms with van der Waals surface area (Å²) in [6, 6.07) is 2.14. The predicted molar refractivity (Wildman–Crippen MR) is 76.0 cm³/mol. The molecule has 1 unspecified atom stereocenters. The topological polar surface area (TPSA) is 47.4 Å². The van der Waals surface area contributed by atoms with Crippen LogP contribution in [0.5, 0.6) is 0 Å². The summed E-state index contributed by atoms with van der Waals surface area (Å²) >= 11 is 3.35. The molecular weight excluding hydrogens is 310 g/mol. The molecule has 1 aromatic heterocycles. The Balaban J connectivity index is 1.99. The van der Waals surface area contributed by atoms with Crippen molar-refractivity contribution in [1.29, 1.82) is 0 Å². The summed E-state index contributed by atoms with van der Waals surface area (Å²) in [4.78, 5) is 13.8. The Hall–Kier alpha value is -1.04. The summed E-state index contributed by atoms with van der Waals surface area (Å²) < 4.78 is 8.15. The number of hydrogen-bond acceptors (Lipinski definition) is 3. The van der Waals surface area contributed by atoms with Gasteiger partial charge >= 0.3 is 6.09 Å². The van der Waals surface area contributed by atoms with Crippen LogP contribution in [0, 0.1) is 0 Å². The molecule has 0 N–H and O–H groups in total. The zero-order chi connectivity index (χ0) is 14.0. The molecule has 0 spiro atoms. The van der Waals surface area contributed by atoms with Gasteiger partial charge in [-0.25, -0.2) is 4.79 Å². The van der Waals surface area contributed by atoms with Gasteiger partial charge in [0.1, 0.15) is 10.2 Å². The fourth-order valence-electron chi connectivity index (χ4n) is 2.18. The molecule has 0 aromatic carbocycles. The van der Waals surface area contributed by atoms with Crippen molar-refractivity contribution in [3.63, 3.8) is 0 Å². The second kappa shape index (κ2) is 5.53. The molecule has 0 radical (unpaired) electrons. The molecule has 1 aliphatic rings. The molecule has 1 fully saturated rings. The Morgan fingerprint density at radius 1 is 1.53 bits per heavy atom. The van der Waals surface area contributed by atoms with Crippen molar-refractivity contribution in [3.8, 4) is 0 Å². The van der Waals surface area contributed by atoms with Gasteiger partial charge in [0.05, 0.1) is 6.04 Å². The Morgan fingerprint density at radius 3 is 2.84 bits per heavy atom. The molecule has 6 heteroatoms. The van der Waals surface area contributed by atoms with E-state index in [0.29, 0.717) is 6.54 Å². The zero-order valence-electron chi connectivity index (χ0n) is 11.6. The number of nitrogens with zero attached hydrogens (tertiary/aromatic N) is 3. The number of halogens is 1. The first-order valence-electron chi connectivity index (χ1n) is 6.54. The third-order valence-electron chi connectivity index (χ3n) is 3.00. The normalized spacial score (nSPS) is 20.4. The van der Waals surface area contributed by atoms with Crippen molar-refractivity contribution in [2.75, 3.05) is 13.1 Å². The second-order valence-corrected chi connectivity index (χ2v) is 6.65. The van der Waals surface area contributed by atoms with Crippen LogP contribution in [-0.4, -0.2) is 39.5 Å². The molecule has 5 nitrogen and oxygen atoms in total. The zero-order valence-corrected chi connectivity index (χ0v) is 13.2. The van der Waals surface area contributed by atoms with Gasteiger partial charge in [-0.2, -0.15) is 5.10 Å². The highest BCUT2D eigenvalue weighted by molar-refractivity contribution is 9.10. The summed E-state index contributed by atoms with van der Waals surface area (Å²) in [6.45, 7) is 7.07. The van der Waals surface area contributed by atoms with Gasteiger partial charge in [0, 0.05) is 19.3 Å². The summed E-state index contributed by atoms with van der Waals surface area (Å²) in [5.74, 6) is 0. The number of piperidine rings is 1. The van der Waals surface area contributed by atoms with Crippen molar-refractivity contribution >= 4 is 22.0 Å². The number of likely N-dealkylation sites (tertiary alicyclic amines) is 1. The quantitative estimate of drug-likeness (QED) is 0.794. The first kappa shape index (κ1) is 14.4. The minimum Gasteiger partial charge on any atom is -0.444 e. The van der Waals surface area contributed by atoms with E-state index in [0.717, 1.165) is 24.0 Å². The van der Waals surface area contributed by atoms with Crippen LogP contribution in [0.4, 0.5) is 4.79 Å². The molecule has 0 saturated carbocycles. The third kappa shape index (κ3) is 3.96. The number of carbonyl (C=O) groups excluding carboxylic acids is 1. The summed E-state index contributed by atoms with van der Waals surface area (Å²) in [5.41, 5.74) is -0.446. The third-order valence-corrected chi connectivity index (χ3v) is 3.42. The van der Waals surface area contributed by atoms with E-state index in [1.165, 1.54) is 0 Å². The van der Waals surface area contributed by atoms with E-state index < -0.39 is 5.60 Å². The maximum atomic E-state index is 12.1. The van der Waals surface area contributed by atoms with Crippen LogP contribution >= 0.6 is 15.9 Å². The van der Waals surface area contributed by atoms with Crippen LogP contribution in [-0.2, 0) is 4.74 Å². The Kier molecular flexibility index (Phi) is 4.18. The molecule has 1 saturated heterocycles. The monoisotopic (exact) mass is 329 g/mol. The Bertz CT molecular complexity index is 453. The van der Waals surface area contributed by atoms with Gasteiger partial charge < -0.3 is 9.64 Å². The fraction of sp³-hybridized carbons (Fsp3) is 0.692. The molecule has 1 aromatic rings. The maximum Gasteiger partial charge on any atom is 0.410 e. The van der Waals surface area contributed by atoms with E-state index in [4.69, 9.17) is 4.74 Å². The molecule has 19 heavy (non-hydrogen) atoms. The van der Waals surface area contributed by atoms with Crippen molar-refractivity contribution < 1.29 is 9.53 Å². The Labute approximate surface area is 122 Å². The van der Waals surface area contributed by atoms with Gasteiger partial charge in [-0.3, -0.25) is 4.68 Å².